The maximum Gasteiger partial charge on any atom is 0.231 e. The van der Waals surface area contributed by atoms with E-state index in [9.17, 15) is 9.59 Å². The molecule has 6 rings (SSSR count). The van der Waals surface area contributed by atoms with Gasteiger partial charge in [0.2, 0.25) is 18.6 Å². The van der Waals surface area contributed by atoms with E-state index in [2.05, 4.69) is 10.3 Å². The Hall–Kier alpha value is -3.39. The highest BCUT2D eigenvalue weighted by Crippen LogP contribution is 2.52. The SMILES string of the molecule is O=C(NCc1cccnc1)[C@@H]1[C@@H]2C=C[C@@]3(CN(Cc4ccc5c(c4)OCO5)C(=O)[C@H]13)O2. The Kier molecular flexibility index (Phi) is 4.04. The molecule has 31 heavy (non-hydrogen) atoms. The number of pyridine rings is 1. The van der Waals surface area contributed by atoms with E-state index < -0.39 is 17.4 Å². The summed E-state index contributed by atoms with van der Waals surface area (Å²) in [5.74, 6) is 0.144. The van der Waals surface area contributed by atoms with Gasteiger partial charge in [0.05, 0.1) is 24.5 Å². The van der Waals surface area contributed by atoms with Crippen LogP contribution in [0, 0.1) is 11.8 Å². The predicted molar refractivity (Wildman–Crippen MR) is 108 cm³/mol. The summed E-state index contributed by atoms with van der Waals surface area (Å²) in [4.78, 5) is 32.2. The Balaban J connectivity index is 1.19. The number of carbonyl (C=O) groups is 2. The lowest BCUT2D eigenvalue weighted by molar-refractivity contribution is -0.137. The number of fused-ring (bicyclic) bond motifs is 2. The number of ether oxygens (including phenoxy) is 3. The molecule has 8 heteroatoms. The molecule has 4 atom stereocenters. The number of hydrogen-bond donors (Lipinski definition) is 1. The number of nitrogens with one attached hydrogen (secondary N) is 1. The van der Waals surface area contributed by atoms with Crippen LogP contribution in [0.2, 0.25) is 0 Å². The second kappa shape index (κ2) is 6.81. The van der Waals surface area contributed by atoms with Crippen molar-refractivity contribution in [3.63, 3.8) is 0 Å². The Morgan fingerprint density at radius 3 is 3.00 bits per heavy atom. The van der Waals surface area contributed by atoms with Gasteiger partial charge in [0.25, 0.3) is 0 Å². The van der Waals surface area contributed by atoms with Crippen molar-refractivity contribution in [2.45, 2.75) is 24.8 Å². The van der Waals surface area contributed by atoms with Crippen molar-refractivity contribution in [1.82, 2.24) is 15.2 Å². The first-order valence-electron chi connectivity index (χ1n) is 10.3. The van der Waals surface area contributed by atoms with Crippen LogP contribution in [0.5, 0.6) is 11.5 Å². The molecular formula is C23H21N3O5. The van der Waals surface area contributed by atoms with Crippen LogP contribution in [0.25, 0.3) is 0 Å². The molecule has 2 bridgehead atoms. The topological polar surface area (TPSA) is 90.0 Å². The predicted octanol–water partition coefficient (Wildman–Crippen LogP) is 1.41. The van der Waals surface area contributed by atoms with Crippen molar-refractivity contribution in [1.29, 1.82) is 0 Å². The molecule has 4 aliphatic rings. The summed E-state index contributed by atoms with van der Waals surface area (Å²) in [7, 11) is 0. The number of amides is 2. The average molecular weight is 419 g/mol. The molecule has 0 saturated carbocycles. The Labute approximate surface area is 178 Å². The van der Waals surface area contributed by atoms with E-state index in [0.29, 0.717) is 31.1 Å². The van der Waals surface area contributed by atoms with E-state index in [0.717, 1.165) is 11.1 Å². The summed E-state index contributed by atoms with van der Waals surface area (Å²) in [6.45, 7) is 1.45. The fourth-order valence-corrected chi connectivity index (χ4v) is 5.08. The number of rotatable bonds is 5. The minimum absolute atomic E-state index is 0.0500. The molecule has 158 valence electrons. The Morgan fingerprint density at radius 1 is 1.23 bits per heavy atom. The molecule has 4 aliphatic heterocycles. The lowest BCUT2D eigenvalue weighted by Gasteiger charge is -2.23. The van der Waals surface area contributed by atoms with Crippen LogP contribution in [0.3, 0.4) is 0 Å². The van der Waals surface area contributed by atoms with E-state index in [1.165, 1.54) is 0 Å². The number of hydrogen-bond acceptors (Lipinski definition) is 6. The Morgan fingerprint density at radius 2 is 2.13 bits per heavy atom. The third kappa shape index (κ3) is 2.90. The zero-order chi connectivity index (χ0) is 21.0. The van der Waals surface area contributed by atoms with Crippen LogP contribution < -0.4 is 14.8 Å². The van der Waals surface area contributed by atoms with Crippen LogP contribution in [0.4, 0.5) is 0 Å². The van der Waals surface area contributed by atoms with Gasteiger partial charge in [0.1, 0.15) is 5.60 Å². The smallest absolute Gasteiger partial charge is 0.231 e. The van der Waals surface area contributed by atoms with Crippen molar-refractivity contribution >= 4 is 11.8 Å². The first-order chi connectivity index (χ1) is 15.1. The molecule has 1 aromatic heterocycles. The van der Waals surface area contributed by atoms with Gasteiger partial charge in [-0.05, 0) is 29.3 Å². The van der Waals surface area contributed by atoms with Crippen molar-refractivity contribution in [2.75, 3.05) is 13.3 Å². The van der Waals surface area contributed by atoms with E-state index in [1.807, 2.05) is 42.5 Å². The van der Waals surface area contributed by atoms with Crippen LogP contribution in [-0.2, 0) is 27.4 Å². The fourth-order valence-electron chi connectivity index (χ4n) is 5.08. The van der Waals surface area contributed by atoms with E-state index >= 15 is 0 Å². The van der Waals surface area contributed by atoms with Gasteiger partial charge in [-0.15, -0.1) is 0 Å². The summed E-state index contributed by atoms with van der Waals surface area (Å²) in [6, 6.07) is 9.41. The first-order valence-corrected chi connectivity index (χ1v) is 10.3. The second-order valence-corrected chi connectivity index (χ2v) is 8.36. The lowest BCUT2D eigenvalue weighted by atomic mass is 9.77. The summed E-state index contributed by atoms with van der Waals surface area (Å²) < 4.78 is 17.0. The van der Waals surface area contributed by atoms with Gasteiger partial charge in [-0.25, -0.2) is 0 Å². The lowest BCUT2D eigenvalue weighted by Crippen LogP contribution is -2.43. The molecule has 1 spiro atoms. The van der Waals surface area contributed by atoms with Gasteiger partial charge in [0, 0.05) is 25.5 Å². The number of likely N-dealkylation sites (tertiary alicyclic amines) is 1. The maximum atomic E-state index is 13.4. The van der Waals surface area contributed by atoms with Crippen LogP contribution in [0.1, 0.15) is 11.1 Å². The normalized spacial score (nSPS) is 29.5. The molecule has 1 N–H and O–H groups in total. The molecule has 5 heterocycles. The molecule has 2 aromatic rings. The van der Waals surface area contributed by atoms with Crippen molar-refractivity contribution in [3.05, 3.63) is 66.0 Å². The molecule has 2 fully saturated rings. The molecular weight excluding hydrogens is 398 g/mol. The number of nitrogens with zero attached hydrogens (tertiary/aromatic N) is 2. The van der Waals surface area contributed by atoms with Crippen LogP contribution >= 0.6 is 0 Å². The third-order valence-corrected chi connectivity index (χ3v) is 6.48. The zero-order valence-corrected chi connectivity index (χ0v) is 16.7. The molecule has 2 amide bonds. The van der Waals surface area contributed by atoms with Crippen LogP contribution in [0.15, 0.2) is 54.9 Å². The zero-order valence-electron chi connectivity index (χ0n) is 16.7. The molecule has 2 saturated heterocycles. The molecule has 0 radical (unpaired) electrons. The van der Waals surface area contributed by atoms with Gasteiger partial charge >= 0.3 is 0 Å². The second-order valence-electron chi connectivity index (χ2n) is 8.36. The summed E-state index contributed by atoms with van der Waals surface area (Å²) >= 11 is 0. The molecule has 0 unspecified atom stereocenters. The van der Waals surface area contributed by atoms with Gasteiger partial charge in [-0.2, -0.15) is 0 Å². The number of carbonyl (C=O) groups excluding carboxylic acids is 2. The summed E-state index contributed by atoms with van der Waals surface area (Å²) in [6.07, 6.45) is 6.92. The van der Waals surface area contributed by atoms with Gasteiger partial charge < -0.3 is 24.4 Å². The minimum atomic E-state index is -0.728. The van der Waals surface area contributed by atoms with E-state index in [1.54, 1.807) is 17.3 Å². The number of aromatic nitrogens is 1. The van der Waals surface area contributed by atoms with Crippen molar-refractivity contribution in [2.24, 2.45) is 11.8 Å². The van der Waals surface area contributed by atoms with Gasteiger partial charge in [-0.3, -0.25) is 14.6 Å². The molecule has 0 aliphatic carbocycles. The summed E-state index contributed by atoms with van der Waals surface area (Å²) in [5.41, 5.74) is 1.13. The monoisotopic (exact) mass is 419 g/mol. The van der Waals surface area contributed by atoms with E-state index in [4.69, 9.17) is 14.2 Å². The highest BCUT2D eigenvalue weighted by Gasteiger charge is 2.66. The van der Waals surface area contributed by atoms with Gasteiger partial charge in [0.15, 0.2) is 11.5 Å². The Bertz CT molecular complexity index is 1090. The maximum absolute atomic E-state index is 13.4. The largest absolute Gasteiger partial charge is 0.454 e. The average Bonchev–Trinajstić information content (AvgIpc) is 3.54. The highest BCUT2D eigenvalue weighted by atomic mass is 16.7. The fraction of sp³-hybridized carbons (Fsp3) is 0.348. The highest BCUT2D eigenvalue weighted by molar-refractivity contribution is 5.93. The summed E-state index contributed by atoms with van der Waals surface area (Å²) in [5, 5.41) is 2.95. The van der Waals surface area contributed by atoms with E-state index in [-0.39, 0.29) is 24.7 Å². The third-order valence-electron chi connectivity index (χ3n) is 6.48. The number of benzene rings is 1. The van der Waals surface area contributed by atoms with Crippen molar-refractivity contribution in [3.8, 4) is 11.5 Å². The standard InChI is InChI=1S/C23H21N3O5/c27-21(25-10-15-2-1-7-24-9-15)19-17-5-6-23(31-17)12-26(22(28)20(19)23)11-14-3-4-16-18(8-14)30-13-29-16/h1-9,17,19-20H,10-13H2,(H,25,27)/t17-,19+,20-,23-/m0/s1. The van der Waals surface area contributed by atoms with Crippen molar-refractivity contribution < 1.29 is 23.8 Å². The van der Waals surface area contributed by atoms with Crippen LogP contribution in [-0.4, -0.2) is 46.7 Å². The molecule has 1 aromatic carbocycles. The molecule has 8 nitrogen and oxygen atoms in total. The minimum Gasteiger partial charge on any atom is -0.454 e. The first kappa shape index (κ1) is 18.4. The quantitative estimate of drug-likeness (QED) is 0.737. The van der Waals surface area contributed by atoms with Gasteiger partial charge in [-0.1, -0.05) is 24.3 Å².